The van der Waals surface area contributed by atoms with Gasteiger partial charge in [-0.25, -0.2) is 13.2 Å². The van der Waals surface area contributed by atoms with Crippen LogP contribution in [-0.2, 0) is 16.6 Å². The van der Waals surface area contributed by atoms with Gasteiger partial charge in [0, 0.05) is 12.6 Å². The number of hydrogen-bond acceptors (Lipinski definition) is 4. The van der Waals surface area contributed by atoms with E-state index in [4.69, 9.17) is 4.42 Å². The van der Waals surface area contributed by atoms with Crippen molar-refractivity contribution >= 4 is 26.8 Å². The average Bonchev–Trinajstić information content (AvgIpc) is 2.53. The largest absolute Gasteiger partial charge is 0.419 e. The number of anilines is 1. The number of aryl methyl sites for hydroxylation is 1. The summed E-state index contributed by atoms with van der Waals surface area (Å²) in [4.78, 5) is 11.6. The molecule has 98 valence electrons. The SMILES string of the molecule is CCCn1c(=O)oc2cc(NS(C)(=O)=O)ccc21. The van der Waals surface area contributed by atoms with Crippen LogP contribution in [0, 0.1) is 0 Å². The Morgan fingerprint density at radius 3 is 2.72 bits per heavy atom. The van der Waals surface area contributed by atoms with Crippen molar-refractivity contribution in [1.82, 2.24) is 4.57 Å². The summed E-state index contributed by atoms with van der Waals surface area (Å²) < 4.78 is 31.1. The Morgan fingerprint density at radius 1 is 1.39 bits per heavy atom. The summed E-state index contributed by atoms with van der Waals surface area (Å²) in [5.74, 6) is -0.427. The molecular weight excluding hydrogens is 256 g/mol. The highest BCUT2D eigenvalue weighted by Crippen LogP contribution is 2.19. The zero-order valence-electron chi connectivity index (χ0n) is 10.1. The summed E-state index contributed by atoms with van der Waals surface area (Å²) in [5.41, 5.74) is 1.42. The molecule has 1 N–H and O–H groups in total. The Morgan fingerprint density at radius 2 is 2.11 bits per heavy atom. The molecule has 1 heterocycles. The van der Waals surface area contributed by atoms with Crippen molar-refractivity contribution in [2.75, 3.05) is 11.0 Å². The van der Waals surface area contributed by atoms with Crippen LogP contribution in [0.3, 0.4) is 0 Å². The van der Waals surface area contributed by atoms with Gasteiger partial charge in [-0.1, -0.05) is 6.92 Å². The highest BCUT2D eigenvalue weighted by Gasteiger charge is 2.10. The van der Waals surface area contributed by atoms with Crippen LogP contribution in [0.4, 0.5) is 5.69 Å². The lowest BCUT2D eigenvalue weighted by Gasteiger charge is -2.03. The maximum Gasteiger partial charge on any atom is 0.419 e. The number of nitrogens with zero attached hydrogens (tertiary/aromatic N) is 1. The van der Waals surface area contributed by atoms with Gasteiger partial charge in [0.2, 0.25) is 10.0 Å². The number of fused-ring (bicyclic) bond motifs is 1. The standard InChI is InChI=1S/C11H14N2O4S/c1-3-6-13-9-5-4-8(12-18(2,15)16)7-10(9)17-11(13)14/h4-5,7,12H,3,6H2,1-2H3. The molecule has 0 fully saturated rings. The monoisotopic (exact) mass is 270 g/mol. The van der Waals surface area contributed by atoms with Gasteiger partial charge < -0.3 is 4.42 Å². The second-order valence-electron chi connectivity index (χ2n) is 4.08. The zero-order chi connectivity index (χ0) is 13.3. The smallest absolute Gasteiger partial charge is 0.408 e. The molecule has 6 nitrogen and oxygen atoms in total. The van der Waals surface area contributed by atoms with Crippen LogP contribution in [0.1, 0.15) is 13.3 Å². The van der Waals surface area contributed by atoms with Gasteiger partial charge in [0.25, 0.3) is 0 Å². The quantitative estimate of drug-likeness (QED) is 0.910. The third kappa shape index (κ3) is 2.56. The van der Waals surface area contributed by atoms with Crippen LogP contribution in [0.5, 0.6) is 0 Å². The predicted octanol–water partition coefficient (Wildman–Crippen LogP) is 1.38. The number of nitrogens with one attached hydrogen (secondary N) is 1. The molecule has 0 aliphatic rings. The number of oxazole rings is 1. The van der Waals surface area contributed by atoms with Gasteiger partial charge in [-0.05, 0) is 18.6 Å². The van der Waals surface area contributed by atoms with Crippen molar-refractivity contribution < 1.29 is 12.8 Å². The molecule has 2 rings (SSSR count). The number of sulfonamides is 1. The van der Waals surface area contributed by atoms with Crippen molar-refractivity contribution in [3.8, 4) is 0 Å². The lowest BCUT2D eigenvalue weighted by molar-refractivity contribution is 0.502. The van der Waals surface area contributed by atoms with E-state index in [1.165, 1.54) is 10.6 Å². The molecule has 0 radical (unpaired) electrons. The molecule has 0 aliphatic heterocycles. The normalized spacial score (nSPS) is 11.9. The average molecular weight is 270 g/mol. The van der Waals surface area contributed by atoms with Crippen LogP contribution in [0.15, 0.2) is 27.4 Å². The lowest BCUT2D eigenvalue weighted by Crippen LogP contribution is -2.13. The molecule has 1 aromatic heterocycles. The minimum Gasteiger partial charge on any atom is -0.408 e. The van der Waals surface area contributed by atoms with Gasteiger partial charge in [0.1, 0.15) is 0 Å². The van der Waals surface area contributed by atoms with Crippen LogP contribution in [0.2, 0.25) is 0 Å². The fourth-order valence-corrected chi connectivity index (χ4v) is 2.33. The summed E-state index contributed by atoms with van der Waals surface area (Å²) in [6.07, 6.45) is 1.88. The van der Waals surface area contributed by atoms with E-state index in [1.807, 2.05) is 6.92 Å². The number of hydrogen-bond donors (Lipinski definition) is 1. The Labute approximate surface area is 104 Å². The first-order valence-corrected chi connectivity index (χ1v) is 7.41. The second-order valence-corrected chi connectivity index (χ2v) is 5.82. The van der Waals surface area contributed by atoms with E-state index >= 15 is 0 Å². The maximum atomic E-state index is 11.6. The van der Waals surface area contributed by atoms with E-state index in [1.54, 1.807) is 12.1 Å². The van der Waals surface area contributed by atoms with Gasteiger partial charge in [-0.2, -0.15) is 0 Å². The van der Waals surface area contributed by atoms with Gasteiger partial charge >= 0.3 is 5.76 Å². The minimum atomic E-state index is -3.34. The number of rotatable bonds is 4. The third-order valence-electron chi connectivity index (χ3n) is 2.42. The third-order valence-corrected chi connectivity index (χ3v) is 3.03. The van der Waals surface area contributed by atoms with E-state index in [9.17, 15) is 13.2 Å². The summed E-state index contributed by atoms with van der Waals surface area (Å²) in [6.45, 7) is 2.54. The summed E-state index contributed by atoms with van der Waals surface area (Å²) in [6, 6.07) is 4.78. The molecule has 0 atom stereocenters. The van der Waals surface area contributed by atoms with Crippen LogP contribution in [0.25, 0.3) is 11.1 Å². The Hall–Kier alpha value is -1.76. The molecule has 7 heteroatoms. The van der Waals surface area contributed by atoms with E-state index in [0.29, 0.717) is 23.3 Å². The Balaban J connectivity index is 2.51. The summed E-state index contributed by atoms with van der Waals surface area (Å²) >= 11 is 0. The molecule has 1 aromatic carbocycles. The number of aromatic nitrogens is 1. The summed E-state index contributed by atoms with van der Waals surface area (Å²) in [5, 5.41) is 0. The van der Waals surface area contributed by atoms with Gasteiger partial charge in [-0.15, -0.1) is 0 Å². The molecule has 0 aliphatic carbocycles. The van der Waals surface area contributed by atoms with Crippen molar-refractivity contribution in [1.29, 1.82) is 0 Å². The Kier molecular flexibility index (Phi) is 3.16. The lowest BCUT2D eigenvalue weighted by atomic mass is 10.3. The predicted molar refractivity (Wildman–Crippen MR) is 69.2 cm³/mol. The second kappa shape index (κ2) is 4.49. The van der Waals surface area contributed by atoms with Crippen LogP contribution in [-0.4, -0.2) is 19.2 Å². The van der Waals surface area contributed by atoms with Crippen LogP contribution < -0.4 is 10.5 Å². The molecular formula is C11H14N2O4S. The number of benzene rings is 1. The molecule has 18 heavy (non-hydrogen) atoms. The zero-order valence-corrected chi connectivity index (χ0v) is 11.0. The van der Waals surface area contributed by atoms with Gasteiger partial charge in [-0.3, -0.25) is 9.29 Å². The van der Waals surface area contributed by atoms with Gasteiger partial charge in [0.05, 0.1) is 17.5 Å². The molecule has 0 unspecified atom stereocenters. The Bertz CT molecular complexity index is 727. The first kappa shape index (κ1) is 12.7. The summed E-state index contributed by atoms with van der Waals surface area (Å²) in [7, 11) is -3.34. The molecule has 0 amide bonds. The molecule has 0 saturated carbocycles. The first-order chi connectivity index (χ1) is 8.40. The van der Waals surface area contributed by atoms with Crippen molar-refractivity contribution in [3.63, 3.8) is 0 Å². The highest BCUT2D eigenvalue weighted by molar-refractivity contribution is 7.92. The van der Waals surface area contributed by atoms with Crippen LogP contribution >= 0.6 is 0 Å². The molecule has 2 aromatic rings. The van der Waals surface area contributed by atoms with Crippen molar-refractivity contribution in [3.05, 3.63) is 28.7 Å². The fourth-order valence-electron chi connectivity index (χ4n) is 1.78. The first-order valence-electron chi connectivity index (χ1n) is 5.52. The topological polar surface area (TPSA) is 81.3 Å². The van der Waals surface area contributed by atoms with E-state index in [2.05, 4.69) is 4.72 Å². The van der Waals surface area contributed by atoms with E-state index in [0.717, 1.165) is 12.7 Å². The van der Waals surface area contributed by atoms with Crippen molar-refractivity contribution in [2.45, 2.75) is 19.9 Å². The molecule has 0 spiro atoms. The minimum absolute atomic E-state index is 0.377. The maximum absolute atomic E-state index is 11.6. The highest BCUT2D eigenvalue weighted by atomic mass is 32.2. The fraction of sp³-hybridized carbons (Fsp3) is 0.364. The molecule has 0 bridgehead atoms. The van der Waals surface area contributed by atoms with E-state index < -0.39 is 15.8 Å². The van der Waals surface area contributed by atoms with Crippen molar-refractivity contribution in [2.24, 2.45) is 0 Å². The van der Waals surface area contributed by atoms with Gasteiger partial charge in [0.15, 0.2) is 5.58 Å². The van der Waals surface area contributed by atoms with E-state index in [-0.39, 0.29) is 0 Å². The molecule has 0 saturated heterocycles.